The van der Waals surface area contributed by atoms with Gasteiger partial charge >= 0.3 is 0 Å². The minimum Gasteiger partial charge on any atom is -0.386 e. The lowest BCUT2D eigenvalue weighted by Gasteiger charge is -2.04. The van der Waals surface area contributed by atoms with Crippen molar-refractivity contribution in [1.82, 2.24) is 0 Å². The molecule has 2 rings (SSSR count). The molecule has 0 aliphatic rings. The van der Waals surface area contributed by atoms with Crippen LogP contribution in [-0.4, -0.2) is 18.7 Å². The van der Waals surface area contributed by atoms with E-state index < -0.39 is 0 Å². The number of nitrogens with zero attached hydrogens (tertiary/aromatic N) is 1. The van der Waals surface area contributed by atoms with Gasteiger partial charge in [0.05, 0.1) is 6.21 Å². The molecule has 0 radical (unpaired) electrons. The van der Waals surface area contributed by atoms with E-state index in [2.05, 4.69) is 26.4 Å². The predicted molar refractivity (Wildman–Crippen MR) is 82.8 cm³/mol. The maximum atomic E-state index is 11.6. The van der Waals surface area contributed by atoms with E-state index in [4.69, 9.17) is 4.84 Å². The van der Waals surface area contributed by atoms with Gasteiger partial charge in [-0.05, 0) is 29.8 Å². The number of carbonyl (C=O) groups is 1. The molecule has 2 aromatic carbocycles. The second-order valence-corrected chi connectivity index (χ2v) is 4.89. The molecule has 4 nitrogen and oxygen atoms in total. The highest BCUT2D eigenvalue weighted by atomic mass is 79.9. The summed E-state index contributed by atoms with van der Waals surface area (Å²) in [6, 6.07) is 16.8. The number of carbonyl (C=O) groups excluding carboxylic acids is 1. The Kier molecular flexibility index (Phi) is 5.32. The summed E-state index contributed by atoms with van der Waals surface area (Å²) in [5, 5.41) is 6.45. The predicted octanol–water partition coefficient (Wildman–Crippen LogP) is 3.44. The largest absolute Gasteiger partial charge is 0.386 e. The Balaban J connectivity index is 1.75. The SMILES string of the molecule is O=C(CO/N=C\c1ccccc1)Nc1ccc(Br)cc1. The van der Waals surface area contributed by atoms with Gasteiger partial charge in [0.15, 0.2) is 6.61 Å². The molecular formula is C15H13BrN2O2. The highest BCUT2D eigenvalue weighted by Gasteiger charge is 2.02. The minimum absolute atomic E-state index is 0.126. The lowest BCUT2D eigenvalue weighted by molar-refractivity contribution is -0.120. The average Bonchev–Trinajstić information content (AvgIpc) is 2.47. The van der Waals surface area contributed by atoms with E-state index in [0.717, 1.165) is 10.0 Å². The van der Waals surface area contributed by atoms with Crippen LogP contribution < -0.4 is 5.32 Å². The number of nitrogens with one attached hydrogen (secondary N) is 1. The van der Waals surface area contributed by atoms with Crippen LogP contribution in [0.25, 0.3) is 0 Å². The Morgan fingerprint density at radius 2 is 1.85 bits per heavy atom. The molecule has 1 amide bonds. The van der Waals surface area contributed by atoms with Crippen molar-refractivity contribution in [3.05, 3.63) is 64.6 Å². The van der Waals surface area contributed by atoms with Crippen LogP contribution in [-0.2, 0) is 9.63 Å². The Labute approximate surface area is 125 Å². The zero-order valence-electron chi connectivity index (χ0n) is 10.6. The Morgan fingerprint density at radius 1 is 1.15 bits per heavy atom. The van der Waals surface area contributed by atoms with Gasteiger partial charge in [-0.3, -0.25) is 4.79 Å². The van der Waals surface area contributed by atoms with Gasteiger partial charge in [0.1, 0.15) is 0 Å². The summed E-state index contributed by atoms with van der Waals surface area (Å²) in [6.07, 6.45) is 1.56. The van der Waals surface area contributed by atoms with Gasteiger partial charge in [-0.15, -0.1) is 0 Å². The fourth-order valence-corrected chi connectivity index (χ4v) is 1.73. The standard InChI is InChI=1S/C15H13BrN2O2/c16-13-6-8-14(9-7-13)18-15(19)11-20-17-10-12-4-2-1-3-5-12/h1-10H,11H2,(H,18,19)/b17-10-. The van der Waals surface area contributed by atoms with E-state index in [1.54, 1.807) is 18.3 Å². The molecule has 0 spiro atoms. The summed E-state index contributed by atoms with van der Waals surface area (Å²) in [7, 11) is 0. The van der Waals surface area contributed by atoms with Crippen LogP contribution in [0.5, 0.6) is 0 Å². The summed E-state index contributed by atoms with van der Waals surface area (Å²) in [4.78, 5) is 16.5. The Bertz CT molecular complexity index is 583. The van der Waals surface area contributed by atoms with Crippen LogP contribution in [0, 0.1) is 0 Å². The van der Waals surface area contributed by atoms with Crippen molar-refractivity contribution in [3.8, 4) is 0 Å². The zero-order valence-corrected chi connectivity index (χ0v) is 12.2. The molecule has 0 saturated heterocycles. The number of halogens is 1. The molecule has 0 bridgehead atoms. The van der Waals surface area contributed by atoms with Gasteiger partial charge in [0, 0.05) is 10.2 Å². The van der Waals surface area contributed by atoms with E-state index in [-0.39, 0.29) is 12.5 Å². The van der Waals surface area contributed by atoms with Crippen molar-refractivity contribution in [2.75, 3.05) is 11.9 Å². The van der Waals surface area contributed by atoms with E-state index in [1.807, 2.05) is 42.5 Å². The van der Waals surface area contributed by atoms with E-state index in [0.29, 0.717) is 5.69 Å². The fraction of sp³-hybridized carbons (Fsp3) is 0.0667. The van der Waals surface area contributed by atoms with Gasteiger partial charge in [0.2, 0.25) is 0 Å². The molecular weight excluding hydrogens is 320 g/mol. The summed E-state index contributed by atoms with van der Waals surface area (Å²) in [6.45, 7) is -0.126. The van der Waals surface area contributed by atoms with Gasteiger partial charge in [-0.25, -0.2) is 0 Å². The number of anilines is 1. The molecule has 0 unspecified atom stereocenters. The maximum Gasteiger partial charge on any atom is 0.265 e. The Morgan fingerprint density at radius 3 is 2.55 bits per heavy atom. The van der Waals surface area contributed by atoms with E-state index >= 15 is 0 Å². The van der Waals surface area contributed by atoms with Crippen LogP contribution in [0.15, 0.2) is 64.2 Å². The summed E-state index contributed by atoms with van der Waals surface area (Å²) in [5.41, 5.74) is 1.63. The van der Waals surface area contributed by atoms with Gasteiger partial charge < -0.3 is 10.2 Å². The first kappa shape index (κ1) is 14.3. The number of benzene rings is 2. The molecule has 102 valence electrons. The fourth-order valence-electron chi connectivity index (χ4n) is 1.46. The number of amides is 1. The van der Waals surface area contributed by atoms with Gasteiger partial charge in [-0.1, -0.05) is 51.4 Å². The van der Waals surface area contributed by atoms with Gasteiger partial charge in [0.25, 0.3) is 5.91 Å². The third kappa shape index (κ3) is 4.85. The maximum absolute atomic E-state index is 11.6. The third-order valence-corrected chi connectivity index (χ3v) is 2.93. The van der Waals surface area contributed by atoms with Crippen LogP contribution in [0.4, 0.5) is 5.69 Å². The summed E-state index contributed by atoms with van der Waals surface area (Å²) in [5.74, 6) is -0.252. The van der Waals surface area contributed by atoms with Crippen molar-refractivity contribution in [3.63, 3.8) is 0 Å². The van der Waals surface area contributed by atoms with Crippen molar-refractivity contribution in [1.29, 1.82) is 0 Å². The van der Waals surface area contributed by atoms with Crippen molar-refractivity contribution in [2.24, 2.45) is 5.16 Å². The minimum atomic E-state index is -0.252. The lowest BCUT2D eigenvalue weighted by atomic mass is 10.2. The molecule has 0 heterocycles. The smallest absolute Gasteiger partial charge is 0.265 e. The summed E-state index contributed by atoms with van der Waals surface area (Å²) < 4.78 is 0.958. The highest BCUT2D eigenvalue weighted by Crippen LogP contribution is 2.13. The lowest BCUT2D eigenvalue weighted by Crippen LogP contribution is -2.16. The van der Waals surface area contributed by atoms with E-state index in [1.165, 1.54) is 0 Å². The van der Waals surface area contributed by atoms with Gasteiger partial charge in [-0.2, -0.15) is 0 Å². The summed E-state index contributed by atoms with van der Waals surface area (Å²) >= 11 is 3.33. The van der Waals surface area contributed by atoms with Crippen molar-refractivity contribution in [2.45, 2.75) is 0 Å². The van der Waals surface area contributed by atoms with E-state index in [9.17, 15) is 4.79 Å². The number of hydrogen-bond donors (Lipinski definition) is 1. The zero-order chi connectivity index (χ0) is 14.2. The number of hydrogen-bond acceptors (Lipinski definition) is 3. The first-order chi connectivity index (χ1) is 9.74. The topological polar surface area (TPSA) is 50.7 Å². The second kappa shape index (κ2) is 7.45. The van der Waals surface area contributed by atoms with Crippen LogP contribution >= 0.6 is 15.9 Å². The molecule has 0 fully saturated rings. The molecule has 2 aromatic rings. The molecule has 0 aliphatic heterocycles. The molecule has 0 aromatic heterocycles. The molecule has 5 heteroatoms. The highest BCUT2D eigenvalue weighted by molar-refractivity contribution is 9.10. The normalized spacial score (nSPS) is 10.4. The number of oxime groups is 1. The molecule has 1 N–H and O–H groups in total. The molecule has 0 atom stereocenters. The quantitative estimate of drug-likeness (QED) is 0.673. The molecule has 20 heavy (non-hydrogen) atoms. The van der Waals surface area contributed by atoms with Crippen LogP contribution in [0.3, 0.4) is 0 Å². The first-order valence-electron chi connectivity index (χ1n) is 6.00. The first-order valence-corrected chi connectivity index (χ1v) is 6.79. The van der Waals surface area contributed by atoms with Crippen molar-refractivity contribution >= 4 is 33.7 Å². The van der Waals surface area contributed by atoms with Crippen molar-refractivity contribution < 1.29 is 9.63 Å². The second-order valence-electron chi connectivity index (χ2n) is 3.97. The van der Waals surface area contributed by atoms with Crippen LogP contribution in [0.1, 0.15) is 5.56 Å². The monoisotopic (exact) mass is 332 g/mol. The molecule has 0 saturated carbocycles. The Hall–Kier alpha value is -2.14. The van der Waals surface area contributed by atoms with Crippen LogP contribution in [0.2, 0.25) is 0 Å². The average molecular weight is 333 g/mol. The number of rotatable bonds is 5. The third-order valence-electron chi connectivity index (χ3n) is 2.40. The molecule has 0 aliphatic carbocycles.